The van der Waals surface area contributed by atoms with Crippen LogP contribution in [0, 0.1) is 6.07 Å². The van der Waals surface area contributed by atoms with Crippen LogP contribution >= 0.6 is 11.6 Å². The van der Waals surface area contributed by atoms with Gasteiger partial charge >= 0.3 is 0 Å². The van der Waals surface area contributed by atoms with Gasteiger partial charge in [-0.3, -0.25) is 0 Å². The molecule has 1 aromatic rings. The molecule has 0 bridgehead atoms. The summed E-state index contributed by atoms with van der Waals surface area (Å²) in [5, 5.41) is 0.709. The Morgan fingerprint density at radius 3 is 2.58 bits per heavy atom. The number of halogens is 1. The van der Waals surface area contributed by atoms with Crippen molar-refractivity contribution in [3.05, 3.63) is 29.3 Å². The highest BCUT2D eigenvalue weighted by Gasteiger charge is 2.04. The Labute approximate surface area is 79.0 Å². The van der Waals surface area contributed by atoms with Gasteiger partial charge in [-0.1, -0.05) is 23.7 Å². The van der Waals surface area contributed by atoms with Crippen molar-refractivity contribution < 1.29 is 0 Å². The van der Waals surface area contributed by atoms with Crippen molar-refractivity contribution in [2.45, 2.75) is 13.8 Å². The zero-order valence-electron chi connectivity index (χ0n) is 7.47. The molecule has 0 aliphatic rings. The second-order valence-corrected chi connectivity index (χ2v) is 2.92. The Balaban J connectivity index is 2.92. The molecule has 0 aliphatic carbocycles. The summed E-state index contributed by atoms with van der Waals surface area (Å²) < 4.78 is 0. The van der Waals surface area contributed by atoms with Gasteiger partial charge in [-0.05, 0) is 19.9 Å². The van der Waals surface area contributed by atoms with Crippen LogP contribution in [0.2, 0.25) is 5.02 Å². The summed E-state index contributed by atoms with van der Waals surface area (Å²) >= 11 is 5.98. The molecule has 1 nitrogen and oxygen atoms in total. The van der Waals surface area contributed by atoms with Crippen molar-refractivity contribution >= 4 is 17.3 Å². The first kappa shape index (κ1) is 9.40. The lowest BCUT2D eigenvalue weighted by molar-refractivity contribution is 0.866. The van der Waals surface area contributed by atoms with Crippen LogP contribution in [0.15, 0.2) is 18.2 Å². The fourth-order valence-electron chi connectivity index (χ4n) is 1.22. The molecule has 0 unspecified atom stereocenters. The Morgan fingerprint density at radius 1 is 1.42 bits per heavy atom. The number of rotatable bonds is 3. The number of hydrogen-bond acceptors (Lipinski definition) is 1. The average molecular weight is 183 g/mol. The first-order valence-electron chi connectivity index (χ1n) is 4.20. The molecular weight excluding hydrogens is 170 g/mol. The Bertz CT molecular complexity index is 243. The minimum atomic E-state index is 0.709. The third-order valence-electron chi connectivity index (χ3n) is 1.89. The maximum Gasteiger partial charge on any atom is 0.0718 e. The van der Waals surface area contributed by atoms with E-state index in [1.165, 1.54) is 0 Å². The van der Waals surface area contributed by atoms with Crippen molar-refractivity contribution in [3.63, 3.8) is 0 Å². The molecule has 0 spiro atoms. The Hall–Kier alpha value is -0.690. The first-order valence-corrected chi connectivity index (χ1v) is 4.58. The Morgan fingerprint density at radius 2 is 2.08 bits per heavy atom. The van der Waals surface area contributed by atoms with Crippen molar-refractivity contribution in [2.24, 2.45) is 0 Å². The van der Waals surface area contributed by atoms with Gasteiger partial charge in [-0.2, -0.15) is 0 Å². The smallest absolute Gasteiger partial charge is 0.0718 e. The fraction of sp³-hybridized carbons (Fsp3) is 0.400. The standard InChI is InChI=1S/C10H13ClN/c1-3-12(4-2)10-8-6-5-7-9(10)11/h5-6,8H,3-4H2,1-2H3. The lowest BCUT2D eigenvalue weighted by Gasteiger charge is -2.21. The third kappa shape index (κ3) is 1.92. The van der Waals surface area contributed by atoms with Crippen LogP contribution in [-0.4, -0.2) is 13.1 Å². The molecule has 0 saturated carbocycles. The minimum Gasteiger partial charge on any atom is -0.371 e. The van der Waals surface area contributed by atoms with E-state index in [2.05, 4.69) is 24.8 Å². The molecule has 0 aliphatic heterocycles. The number of hydrogen-bond donors (Lipinski definition) is 0. The summed E-state index contributed by atoms with van der Waals surface area (Å²) in [7, 11) is 0. The van der Waals surface area contributed by atoms with E-state index in [1.54, 1.807) is 0 Å². The van der Waals surface area contributed by atoms with Gasteiger partial charge in [0.2, 0.25) is 0 Å². The highest BCUT2D eigenvalue weighted by atomic mass is 35.5. The van der Waals surface area contributed by atoms with Crippen LogP contribution in [0.25, 0.3) is 0 Å². The van der Waals surface area contributed by atoms with Crippen LogP contribution in [0.5, 0.6) is 0 Å². The molecule has 12 heavy (non-hydrogen) atoms. The van der Waals surface area contributed by atoms with Gasteiger partial charge < -0.3 is 4.90 Å². The molecule has 0 heterocycles. The maximum atomic E-state index is 5.98. The lowest BCUT2D eigenvalue weighted by Crippen LogP contribution is -2.21. The van der Waals surface area contributed by atoms with E-state index in [1.807, 2.05) is 18.2 Å². The zero-order valence-corrected chi connectivity index (χ0v) is 8.23. The van der Waals surface area contributed by atoms with Gasteiger partial charge in [0.15, 0.2) is 0 Å². The van der Waals surface area contributed by atoms with Crippen LogP contribution < -0.4 is 4.90 Å². The Kier molecular flexibility index (Phi) is 3.42. The lowest BCUT2D eigenvalue weighted by atomic mass is 10.3. The number of benzene rings is 1. The molecule has 2 heteroatoms. The van der Waals surface area contributed by atoms with Gasteiger partial charge in [0.1, 0.15) is 0 Å². The first-order chi connectivity index (χ1) is 5.79. The molecule has 0 aromatic heterocycles. The molecular formula is C10H13ClN. The molecule has 0 saturated heterocycles. The van der Waals surface area contributed by atoms with Gasteiger partial charge in [-0.25, -0.2) is 0 Å². The molecule has 1 rings (SSSR count). The quantitative estimate of drug-likeness (QED) is 0.695. The second-order valence-electron chi connectivity index (χ2n) is 2.54. The van der Waals surface area contributed by atoms with Gasteiger partial charge in [-0.15, -0.1) is 0 Å². The van der Waals surface area contributed by atoms with E-state index in [9.17, 15) is 0 Å². The molecule has 1 aromatic carbocycles. The SMILES string of the molecule is CCN(CC)c1ccc[c]c1Cl. The predicted molar refractivity (Wildman–Crippen MR) is 53.8 cm³/mol. The summed E-state index contributed by atoms with van der Waals surface area (Å²) in [6.07, 6.45) is 0. The monoisotopic (exact) mass is 182 g/mol. The maximum absolute atomic E-state index is 5.98. The summed E-state index contributed by atoms with van der Waals surface area (Å²) in [5.41, 5.74) is 1.07. The summed E-state index contributed by atoms with van der Waals surface area (Å²) in [6, 6.07) is 8.78. The topological polar surface area (TPSA) is 3.24 Å². The second kappa shape index (κ2) is 4.36. The molecule has 0 N–H and O–H groups in total. The summed E-state index contributed by atoms with van der Waals surface area (Å²) in [4.78, 5) is 2.21. The molecule has 0 fully saturated rings. The molecule has 0 amide bonds. The third-order valence-corrected chi connectivity index (χ3v) is 2.19. The fourth-order valence-corrected chi connectivity index (χ4v) is 1.46. The summed E-state index contributed by atoms with van der Waals surface area (Å²) in [5.74, 6) is 0. The molecule has 65 valence electrons. The average Bonchev–Trinajstić information content (AvgIpc) is 2.10. The van der Waals surface area contributed by atoms with E-state index in [0.29, 0.717) is 5.02 Å². The van der Waals surface area contributed by atoms with Gasteiger partial charge in [0.05, 0.1) is 10.7 Å². The van der Waals surface area contributed by atoms with E-state index in [4.69, 9.17) is 11.6 Å². The predicted octanol–water partition coefficient (Wildman–Crippen LogP) is 2.99. The minimum absolute atomic E-state index is 0.709. The highest BCUT2D eigenvalue weighted by Crippen LogP contribution is 2.23. The van der Waals surface area contributed by atoms with Crippen molar-refractivity contribution in [1.29, 1.82) is 0 Å². The number of anilines is 1. The zero-order chi connectivity index (χ0) is 8.97. The van der Waals surface area contributed by atoms with Crippen molar-refractivity contribution in [2.75, 3.05) is 18.0 Å². The number of nitrogens with zero attached hydrogens (tertiary/aromatic N) is 1. The van der Waals surface area contributed by atoms with Crippen LogP contribution in [-0.2, 0) is 0 Å². The van der Waals surface area contributed by atoms with Crippen molar-refractivity contribution in [3.8, 4) is 0 Å². The van der Waals surface area contributed by atoms with E-state index in [-0.39, 0.29) is 0 Å². The van der Waals surface area contributed by atoms with Crippen molar-refractivity contribution in [1.82, 2.24) is 0 Å². The van der Waals surface area contributed by atoms with E-state index < -0.39 is 0 Å². The normalized spacial score (nSPS) is 9.92. The largest absolute Gasteiger partial charge is 0.371 e. The van der Waals surface area contributed by atoms with Gasteiger partial charge in [0, 0.05) is 19.2 Å². The van der Waals surface area contributed by atoms with Crippen LogP contribution in [0.3, 0.4) is 0 Å². The molecule has 1 radical (unpaired) electrons. The van der Waals surface area contributed by atoms with Crippen LogP contribution in [0.4, 0.5) is 5.69 Å². The van der Waals surface area contributed by atoms with E-state index in [0.717, 1.165) is 18.8 Å². The van der Waals surface area contributed by atoms with E-state index >= 15 is 0 Å². The van der Waals surface area contributed by atoms with Gasteiger partial charge in [0.25, 0.3) is 0 Å². The highest BCUT2D eigenvalue weighted by molar-refractivity contribution is 6.33. The molecule has 0 atom stereocenters. The van der Waals surface area contributed by atoms with Crippen LogP contribution in [0.1, 0.15) is 13.8 Å². The summed E-state index contributed by atoms with van der Waals surface area (Å²) in [6.45, 7) is 6.20.